The molecule has 0 saturated carbocycles. The van der Waals surface area contributed by atoms with Crippen LogP contribution in [0.5, 0.6) is 5.75 Å². The van der Waals surface area contributed by atoms with Gasteiger partial charge in [-0.15, -0.1) is 0 Å². The van der Waals surface area contributed by atoms with Crippen LogP contribution in [0.3, 0.4) is 0 Å². The molecular weight excluding hydrogens is 338 g/mol. The van der Waals surface area contributed by atoms with Gasteiger partial charge in [0.2, 0.25) is 0 Å². The first-order valence-corrected chi connectivity index (χ1v) is 9.66. The van der Waals surface area contributed by atoms with Crippen molar-refractivity contribution in [3.8, 4) is 5.75 Å². The summed E-state index contributed by atoms with van der Waals surface area (Å²) in [4.78, 5) is 14.2. The van der Waals surface area contributed by atoms with Crippen molar-refractivity contribution < 1.29 is 9.53 Å². The molecule has 2 rings (SSSR count). The highest BCUT2D eigenvalue weighted by Crippen LogP contribution is 2.19. The quantitative estimate of drug-likeness (QED) is 0.621. The number of hydrogen-bond donors (Lipinski definition) is 2. The Labute approximate surface area is 162 Å². The molecule has 27 heavy (non-hydrogen) atoms. The normalized spacial score (nSPS) is 10.6. The van der Waals surface area contributed by atoms with Gasteiger partial charge in [0, 0.05) is 24.5 Å². The third-order valence-corrected chi connectivity index (χ3v) is 4.46. The molecule has 2 N–H and O–H groups in total. The maximum atomic E-state index is 12.0. The Morgan fingerprint density at radius 3 is 2.19 bits per heavy atom. The van der Waals surface area contributed by atoms with E-state index in [2.05, 4.69) is 55.4 Å². The fraction of sp³-hybridized carbons (Fsp3) is 0.409. The second-order valence-corrected chi connectivity index (χ2v) is 6.67. The summed E-state index contributed by atoms with van der Waals surface area (Å²) in [7, 11) is 0. The molecule has 0 aromatic heterocycles. The molecule has 2 aromatic carbocycles. The topological polar surface area (TPSA) is 53.6 Å². The minimum Gasteiger partial charge on any atom is -0.492 e. The number of nitrogens with one attached hydrogen (secondary N) is 2. The molecule has 2 aromatic rings. The lowest BCUT2D eigenvalue weighted by Gasteiger charge is -2.21. The molecule has 0 spiro atoms. The van der Waals surface area contributed by atoms with Crippen LogP contribution in [0.2, 0.25) is 0 Å². The van der Waals surface area contributed by atoms with Gasteiger partial charge in [0.25, 0.3) is 0 Å². The Balaban J connectivity index is 1.71. The lowest BCUT2D eigenvalue weighted by molar-refractivity contribution is 0.247. The molecule has 146 valence electrons. The van der Waals surface area contributed by atoms with E-state index in [1.807, 2.05) is 36.4 Å². The van der Waals surface area contributed by atoms with E-state index in [0.717, 1.165) is 30.2 Å². The highest BCUT2D eigenvalue weighted by atomic mass is 16.5. The fourth-order valence-electron chi connectivity index (χ4n) is 2.80. The molecule has 0 radical (unpaired) electrons. The summed E-state index contributed by atoms with van der Waals surface area (Å²) in [5, 5.41) is 5.64. The van der Waals surface area contributed by atoms with E-state index >= 15 is 0 Å². The van der Waals surface area contributed by atoms with Crippen molar-refractivity contribution in [2.24, 2.45) is 0 Å². The van der Waals surface area contributed by atoms with E-state index in [0.29, 0.717) is 19.1 Å². The summed E-state index contributed by atoms with van der Waals surface area (Å²) in [5.41, 5.74) is 3.21. The maximum Gasteiger partial charge on any atom is 0.319 e. The van der Waals surface area contributed by atoms with Gasteiger partial charge in [-0.2, -0.15) is 0 Å². The summed E-state index contributed by atoms with van der Waals surface area (Å²) in [6.07, 6.45) is 0. The molecule has 2 amide bonds. The zero-order valence-corrected chi connectivity index (χ0v) is 16.8. The van der Waals surface area contributed by atoms with Gasteiger partial charge in [0.05, 0.1) is 6.54 Å². The molecule has 5 nitrogen and oxygen atoms in total. The molecule has 0 aliphatic heterocycles. The predicted octanol–water partition coefficient (Wildman–Crippen LogP) is 4.86. The molecule has 0 atom stereocenters. The number of carbonyl (C=O) groups excluding carboxylic acids is 1. The molecule has 0 saturated heterocycles. The number of carbonyl (C=O) groups is 1. The number of ether oxygens (including phenoxy) is 1. The summed E-state index contributed by atoms with van der Waals surface area (Å²) in [6.45, 7) is 11.4. The Kier molecular flexibility index (Phi) is 7.99. The lowest BCUT2D eigenvalue weighted by Crippen LogP contribution is -2.32. The second kappa shape index (κ2) is 10.5. The summed E-state index contributed by atoms with van der Waals surface area (Å²) >= 11 is 0. The summed E-state index contributed by atoms with van der Waals surface area (Å²) < 4.78 is 5.66. The number of anilines is 2. The minimum absolute atomic E-state index is 0.232. The Morgan fingerprint density at radius 1 is 1.00 bits per heavy atom. The molecule has 5 heteroatoms. The van der Waals surface area contributed by atoms with Gasteiger partial charge in [-0.1, -0.05) is 26.0 Å². The number of benzene rings is 2. The smallest absolute Gasteiger partial charge is 0.319 e. The van der Waals surface area contributed by atoms with Gasteiger partial charge < -0.3 is 20.3 Å². The van der Waals surface area contributed by atoms with Crippen LogP contribution in [0.4, 0.5) is 16.2 Å². The van der Waals surface area contributed by atoms with Crippen LogP contribution in [0.25, 0.3) is 0 Å². The van der Waals surface area contributed by atoms with E-state index in [4.69, 9.17) is 4.74 Å². The largest absolute Gasteiger partial charge is 0.492 e. The SMILES string of the molecule is CCN(CC)c1ccc(NC(=O)NCCOc2ccc(C(C)C)cc2)cc1. The molecule has 0 aliphatic carbocycles. The van der Waals surface area contributed by atoms with Gasteiger partial charge in [0.1, 0.15) is 12.4 Å². The van der Waals surface area contributed by atoms with E-state index < -0.39 is 0 Å². The van der Waals surface area contributed by atoms with Crippen molar-refractivity contribution in [2.75, 3.05) is 36.5 Å². The van der Waals surface area contributed by atoms with Crippen molar-refractivity contribution in [3.63, 3.8) is 0 Å². The highest BCUT2D eigenvalue weighted by molar-refractivity contribution is 5.89. The zero-order chi connectivity index (χ0) is 19.6. The van der Waals surface area contributed by atoms with Crippen molar-refractivity contribution in [1.29, 1.82) is 0 Å². The molecule has 0 heterocycles. The summed E-state index contributed by atoms with van der Waals surface area (Å²) in [6, 6.07) is 15.7. The number of urea groups is 1. The number of nitrogens with zero attached hydrogens (tertiary/aromatic N) is 1. The average Bonchev–Trinajstić information content (AvgIpc) is 2.68. The first kappa shape index (κ1) is 20.6. The summed E-state index contributed by atoms with van der Waals surface area (Å²) in [5.74, 6) is 1.32. The van der Waals surface area contributed by atoms with Crippen LogP contribution in [0, 0.1) is 0 Å². The van der Waals surface area contributed by atoms with Crippen molar-refractivity contribution in [1.82, 2.24) is 5.32 Å². The van der Waals surface area contributed by atoms with Gasteiger partial charge in [-0.05, 0) is 61.7 Å². The third kappa shape index (κ3) is 6.51. The van der Waals surface area contributed by atoms with E-state index in [9.17, 15) is 4.79 Å². The number of amides is 2. The van der Waals surface area contributed by atoms with Gasteiger partial charge in [-0.25, -0.2) is 4.79 Å². The van der Waals surface area contributed by atoms with Gasteiger partial charge >= 0.3 is 6.03 Å². The fourth-order valence-corrected chi connectivity index (χ4v) is 2.80. The van der Waals surface area contributed by atoms with Crippen LogP contribution in [0.15, 0.2) is 48.5 Å². The van der Waals surface area contributed by atoms with Crippen molar-refractivity contribution in [3.05, 3.63) is 54.1 Å². The Bertz CT molecular complexity index is 693. The number of hydrogen-bond acceptors (Lipinski definition) is 3. The number of rotatable bonds is 9. The first-order chi connectivity index (χ1) is 13.0. The average molecular weight is 370 g/mol. The monoisotopic (exact) mass is 369 g/mol. The van der Waals surface area contributed by atoms with E-state index in [1.54, 1.807) is 0 Å². The van der Waals surface area contributed by atoms with Crippen molar-refractivity contribution in [2.45, 2.75) is 33.6 Å². The maximum absolute atomic E-state index is 12.0. The van der Waals surface area contributed by atoms with Crippen molar-refractivity contribution >= 4 is 17.4 Å². The molecule has 0 fully saturated rings. The van der Waals surface area contributed by atoms with Gasteiger partial charge in [0.15, 0.2) is 0 Å². The van der Waals surface area contributed by atoms with Crippen LogP contribution in [-0.4, -0.2) is 32.3 Å². The minimum atomic E-state index is -0.232. The van der Waals surface area contributed by atoms with Crippen LogP contribution < -0.4 is 20.3 Å². The Hall–Kier alpha value is -2.69. The van der Waals surface area contributed by atoms with Crippen LogP contribution in [0.1, 0.15) is 39.2 Å². The molecule has 0 aliphatic rings. The van der Waals surface area contributed by atoms with Gasteiger partial charge in [-0.3, -0.25) is 0 Å². The molecule has 0 bridgehead atoms. The highest BCUT2D eigenvalue weighted by Gasteiger charge is 2.04. The zero-order valence-electron chi connectivity index (χ0n) is 16.8. The molecular formula is C22H31N3O2. The van der Waals surface area contributed by atoms with E-state index in [1.165, 1.54) is 5.56 Å². The Morgan fingerprint density at radius 2 is 1.63 bits per heavy atom. The molecule has 0 unspecified atom stereocenters. The third-order valence-electron chi connectivity index (χ3n) is 4.46. The standard InChI is InChI=1S/C22H31N3O2/c1-5-25(6-2)20-11-9-19(10-12-20)24-22(26)23-15-16-27-21-13-7-18(8-14-21)17(3)4/h7-14,17H,5-6,15-16H2,1-4H3,(H2,23,24,26). The van der Waals surface area contributed by atoms with Crippen LogP contribution in [-0.2, 0) is 0 Å². The van der Waals surface area contributed by atoms with E-state index in [-0.39, 0.29) is 6.03 Å². The second-order valence-electron chi connectivity index (χ2n) is 6.67. The predicted molar refractivity (Wildman–Crippen MR) is 113 cm³/mol. The van der Waals surface area contributed by atoms with Crippen LogP contribution >= 0.6 is 0 Å². The lowest BCUT2D eigenvalue weighted by atomic mass is 10.0. The first-order valence-electron chi connectivity index (χ1n) is 9.66.